The number of anilines is 2. The van der Waals surface area contributed by atoms with Crippen molar-refractivity contribution in [2.24, 2.45) is 0 Å². The average molecular weight is 443 g/mol. The molecule has 4 N–H and O–H groups in total. The minimum absolute atomic E-state index is 0.173. The van der Waals surface area contributed by atoms with Gasteiger partial charge in [-0.2, -0.15) is 0 Å². The fraction of sp³-hybridized carbons (Fsp3) is 0.0952. The number of aromatic hydroxyl groups is 1. The van der Waals surface area contributed by atoms with Gasteiger partial charge in [-0.05, 0) is 60.8 Å². The second-order valence-corrected chi connectivity index (χ2v) is 8.60. The van der Waals surface area contributed by atoms with Crippen LogP contribution in [-0.2, 0) is 4.79 Å². The van der Waals surface area contributed by atoms with Crippen LogP contribution in [0.4, 0.5) is 11.4 Å². The zero-order valence-electron chi connectivity index (χ0n) is 15.8. The largest absolute Gasteiger partial charge is 0.507 e. The lowest BCUT2D eigenvalue weighted by atomic mass is 10.2. The summed E-state index contributed by atoms with van der Waals surface area (Å²) in [5.74, 6) is -2.13. The van der Waals surface area contributed by atoms with Crippen molar-refractivity contribution in [3.63, 3.8) is 0 Å². The molecule has 0 saturated heterocycles. The Morgan fingerprint density at radius 3 is 2.33 bits per heavy atom. The zero-order chi connectivity index (χ0) is 21.7. The smallest absolute Gasteiger partial charge is 0.339 e. The topological polar surface area (TPSA) is 116 Å². The van der Waals surface area contributed by atoms with Gasteiger partial charge in [0.1, 0.15) is 11.3 Å². The Morgan fingerprint density at radius 2 is 1.70 bits per heavy atom. The van der Waals surface area contributed by atoms with Crippen molar-refractivity contribution in [3.05, 3.63) is 70.4 Å². The first-order chi connectivity index (χ1) is 14.3. The lowest BCUT2D eigenvalue weighted by Gasteiger charge is -2.13. The molecular weight excluding hydrogens is 424 g/mol. The number of carboxylic acids is 1. The van der Waals surface area contributed by atoms with Crippen molar-refractivity contribution >= 4 is 52.3 Å². The van der Waals surface area contributed by atoms with Crippen LogP contribution in [0.3, 0.4) is 0 Å². The summed E-state index contributed by atoms with van der Waals surface area (Å²) >= 11 is 2.68. The number of aromatic carboxylic acids is 1. The highest BCUT2D eigenvalue weighted by Crippen LogP contribution is 2.27. The molecule has 154 valence electrons. The third-order valence-electron chi connectivity index (χ3n) is 4.03. The Morgan fingerprint density at radius 1 is 1.00 bits per heavy atom. The number of thiophene rings is 1. The molecule has 2 amide bonds. The molecule has 3 rings (SSSR count). The number of benzene rings is 2. The molecule has 30 heavy (non-hydrogen) atoms. The van der Waals surface area contributed by atoms with Gasteiger partial charge >= 0.3 is 5.97 Å². The quantitative estimate of drug-likeness (QED) is 0.316. The Kier molecular flexibility index (Phi) is 6.76. The van der Waals surface area contributed by atoms with Gasteiger partial charge in [-0.1, -0.05) is 6.07 Å². The van der Waals surface area contributed by atoms with Gasteiger partial charge in [0.15, 0.2) is 0 Å². The van der Waals surface area contributed by atoms with Gasteiger partial charge in [0.05, 0.1) is 10.1 Å². The van der Waals surface area contributed by atoms with Crippen LogP contribution < -0.4 is 10.6 Å². The molecule has 0 saturated carbocycles. The van der Waals surface area contributed by atoms with Gasteiger partial charge in [-0.15, -0.1) is 23.1 Å². The third kappa shape index (κ3) is 5.40. The standard InChI is InChI=1S/C21H18N2O5S2/c1-12(19(25)23-14-6-9-17(24)16(11-14)21(27)28)30-15-7-4-13(5-8-15)22-20(26)18-3-2-10-29-18/h2-12,24H,1H3,(H,22,26)(H,23,25)(H,27,28). The predicted molar refractivity (Wildman–Crippen MR) is 118 cm³/mol. The Labute approximate surface area is 180 Å². The number of hydrogen-bond acceptors (Lipinski definition) is 6. The van der Waals surface area contributed by atoms with E-state index in [1.54, 1.807) is 25.1 Å². The molecule has 2 aromatic carbocycles. The van der Waals surface area contributed by atoms with Crippen LogP contribution >= 0.6 is 23.1 Å². The summed E-state index contributed by atoms with van der Waals surface area (Å²) in [5.41, 5.74) is 0.655. The van der Waals surface area contributed by atoms with Crippen LogP contribution in [0.5, 0.6) is 5.75 Å². The third-order valence-corrected chi connectivity index (χ3v) is 6.01. The average Bonchev–Trinajstić information content (AvgIpc) is 3.25. The lowest BCUT2D eigenvalue weighted by Crippen LogP contribution is -2.22. The molecular formula is C21H18N2O5S2. The normalized spacial score (nSPS) is 11.5. The molecule has 0 aliphatic heterocycles. The molecule has 0 bridgehead atoms. The molecule has 0 radical (unpaired) electrons. The van der Waals surface area contributed by atoms with Crippen LogP contribution in [0.2, 0.25) is 0 Å². The van der Waals surface area contributed by atoms with Crippen LogP contribution in [0.1, 0.15) is 27.0 Å². The molecule has 0 spiro atoms. The van der Waals surface area contributed by atoms with Gasteiger partial charge in [0, 0.05) is 16.3 Å². The first-order valence-corrected chi connectivity index (χ1v) is 10.6. The molecule has 3 aromatic rings. The van der Waals surface area contributed by atoms with Crippen molar-refractivity contribution in [1.82, 2.24) is 0 Å². The minimum atomic E-state index is -1.28. The van der Waals surface area contributed by atoms with E-state index >= 15 is 0 Å². The number of phenols is 1. The number of hydrogen-bond donors (Lipinski definition) is 4. The monoisotopic (exact) mass is 442 g/mol. The van der Waals surface area contributed by atoms with Gasteiger partial charge in [0.2, 0.25) is 5.91 Å². The number of nitrogens with one attached hydrogen (secondary N) is 2. The van der Waals surface area contributed by atoms with Gasteiger partial charge < -0.3 is 20.8 Å². The highest BCUT2D eigenvalue weighted by Gasteiger charge is 2.17. The summed E-state index contributed by atoms with van der Waals surface area (Å²) in [6.45, 7) is 1.73. The van der Waals surface area contributed by atoms with E-state index in [4.69, 9.17) is 5.11 Å². The highest BCUT2D eigenvalue weighted by molar-refractivity contribution is 8.00. The van der Waals surface area contributed by atoms with E-state index in [1.807, 2.05) is 23.6 Å². The summed E-state index contributed by atoms with van der Waals surface area (Å²) in [7, 11) is 0. The number of rotatable bonds is 7. The fourth-order valence-corrected chi connectivity index (χ4v) is 3.99. The maximum Gasteiger partial charge on any atom is 0.339 e. The second-order valence-electron chi connectivity index (χ2n) is 6.24. The lowest BCUT2D eigenvalue weighted by molar-refractivity contribution is -0.115. The van der Waals surface area contributed by atoms with Crippen LogP contribution in [0.15, 0.2) is 64.9 Å². The second kappa shape index (κ2) is 9.47. The van der Waals surface area contributed by atoms with Crippen LogP contribution in [0, 0.1) is 0 Å². The maximum atomic E-state index is 12.4. The summed E-state index contributed by atoms with van der Waals surface area (Å²) in [6, 6.07) is 14.6. The fourth-order valence-electron chi connectivity index (χ4n) is 2.50. The first-order valence-electron chi connectivity index (χ1n) is 8.82. The summed E-state index contributed by atoms with van der Waals surface area (Å²) < 4.78 is 0. The van der Waals surface area contributed by atoms with E-state index in [9.17, 15) is 19.5 Å². The predicted octanol–water partition coefficient (Wildman–Crippen LogP) is 4.52. The van der Waals surface area contributed by atoms with E-state index in [2.05, 4.69) is 10.6 Å². The molecule has 1 aromatic heterocycles. The van der Waals surface area contributed by atoms with Crippen molar-refractivity contribution < 1.29 is 24.6 Å². The molecule has 1 unspecified atom stereocenters. The molecule has 0 fully saturated rings. The minimum Gasteiger partial charge on any atom is -0.507 e. The number of carbonyl (C=O) groups excluding carboxylic acids is 2. The van der Waals surface area contributed by atoms with Crippen molar-refractivity contribution in [1.29, 1.82) is 0 Å². The first kappa shape index (κ1) is 21.4. The van der Waals surface area contributed by atoms with E-state index in [0.29, 0.717) is 10.6 Å². The summed E-state index contributed by atoms with van der Waals surface area (Å²) in [6.07, 6.45) is 0. The van der Waals surface area contributed by atoms with Crippen LogP contribution in [-0.4, -0.2) is 33.2 Å². The summed E-state index contributed by atoms with van der Waals surface area (Å²) in [5, 5.41) is 25.4. The Hall–Kier alpha value is -3.30. The Balaban J connectivity index is 1.58. The van der Waals surface area contributed by atoms with Gasteiger partial charge in [-0.3, -0.25) is 9.59 Å². The van der Waals surface area contributed by atoms with E-state index in [0.717, 1.165) is 4.90 Å². The maximum absolute atomic E-state index is 12.4. The molecule has 1 heterocycles. The summed E-state index contributed by atoms with van der Waals surface area (Å²) in [4.78, 5) is 37.1. The zero-order valence-corrected chi connectivity index (χ0v) is 17.4. The number of carboxylic acid groups (broad SMARTS) is 1. The van der Waals surface area contributed by atoms with E-state index in [1.165, 1.54) is 41.3 Å². The van der Waals surface area contributed by atoms with Crippen molar-refractivity contribution in [3.8, 4) is 5.75 Å². The molecule has 0 aliphatic rings. The van der Waals surface area contributed by atoms with Gasteiger partial charge in [-0.25, -0.2) is 4.79 Å². The number of amides is 2. The van der Waals surface area contributed by atoms with Crippen LogP contribution in [0.25, 0.3) is 0 Å². The van der Waals surface area contributed by atoms with E-state index < -0.39 is 11.2 Å². The molecule has 7 nitrogen and oxygen atoms in total. The van der Waals surface area contributed by atoms with Crippen molar-refractivity contribution in [2.45, 2.75) is 17.1 Å². The molecule has 1 atom stereocenters. The molecule has 0 aliphatic carbocycles. The number of carbonyl (C=O) groups is 3. The number of thioether (sulfide) groups is 1. The van der Waals surface area contributed by atoms with E-state index in [-0.39, 0.29) is 28.8 Å². The van der Waals surface area contributed by atoms with Gasteiger partial charge in [0.25, 0.3) is 5.91 Å². The van der Waals surface area contributed by atoms with Crippen molar-refractivity contribution in [2.75, 3.05) is 10.6 Å². The highest BCUT2D eigenvalue weighted by atomic mass is 32.2. The SMILES string of the molecule is CC(Sc1ccc(NC(=O)c2cccs2)cc1)C(=O)Nc1ccc(O)c(C(=O)O)c1. The molecule has 9 heteroatoms. The Bertz CT molecular complexity index is 1070.